The molecular weight excluding hydrogens is 433 g/mol. The molecule has 1 fully saturated rings. The average Bonchev–Trinajstić information content (AvgIpc) is 2.81. The zero-order chi connectivity index (χ0) is 23.0. The third-order valence-corrected chi connectivity index (χ3v) is 7.81. The maximum Gasteiger partial charge on any atom is 0.211 e. The van der Waals surface area contributed by atoms with Crippen LogP contribution in [-0.4, -0.2) is 57.7 Å². The molecule has 0 spiro atoms. The molecule has 0 radical (unpaired) electrons. The van der Waals surface area contributed by atoms with Gasteiger partial charge in [0.15, 0.2) is 0 Å². The van der Waals surface area contributed by atoms with Crippen LogP contribution in [0.25, 0.3) is 10.9 Å². The Kier molecular flexibility index (Phi) is 5.96. The molecule has 32 heavy (non-hydrogen) atoms. The van der Waals surface area contributed by atoms with Gasteiger partial charge in [0.1, 0.15) is 16.5 Å². The molecular formula is C23H26FN3O4S. The Labute approximate surface area is 186 Å². The number of hydrogen-bond donors (Lipinski definition) is 0. The van der Waals surface area contributed by atoms with Gasteiger partial charge in [0.25, 0.3) is 0 Å². The fourth-order valence-electron chi connectivity index (χ4n) is 4.08. The van der Waals surface area contributed by atoms with Gasteiger partial charge in [-0.05, 0) is 42.9 Å². The highest BCUT2D eigenvalue weighted by Crippen LogP contribution is 2.28. The molecule has 2 heterocycles. The Morgan fingerprint density at radius 1 is 1.06 bits per heavy atom. The number of nitrogens with zero attached hydrogens (tertiary/aromatic N) is 3. The number of fused-ring (bicyclic) bond motifs is 1. The Hall–Kier alpha value is -2.91. The molecule has 9 heteroatoms. The summed E-state index contributed by atoms with van der Waals surface area (Å²) >= 11 is 0. The molecule has 0 N–H and O–H groups in total. The maximum atomic E-state index is 15.1. The third kappa shape index (κ3) is 3.86. The van der Waals surface area contributed by atoms with Gasteiger partial charge in [-0.3, -0.25) is 4.79 Å². The highest BCUT2D eigenvalue weighted by atomic mass is 32.2. The highest BCUT2D eigenvalue weighted by molar-refractivity contribution is 7.91. The predicted molar refractivity (Wildman–Crippen MR) is 122 cm³/mol. The summed E-state index contributed by atoms with van der Waals surface area (Å²) in [6, 6.07) is 8.60. The summed E-state index contributed by atoms with van der Waals surface area (Å²) in [6.07, 6.45) is 1.31. The van der Waals surface area contributed by atoms with Crippen molar-refractivity contribution in [1.29, 1.82) is 0 Å². The quantitative estimate of drug-likeness (QED) is 0.584. The first-order valence-electron chi connectivity index (χ1n) is 10.5. The van der Waals surface area contributed by atoms with Crippen LogP contribution >= 0.6 is 0 Å². The second-order valence-corrected chi connectivity index (χ2v) is 9.77. The molecule has 0 saturated carbocycles. The molecule has 1 saturated heterocycles. The molecule has 7 nitrogen and oxygen atoms in total. The summed E-state index contributed by atoms with van der Waals surface area (Å²) in [7, 11) is -0.949. The van der Waals surface area contributed by atoms with Gasteiger partial charge in [0.2, 0.25) is 15.3 Å². The Morgan fingerprint density at radius 2 is 1.72 bits per heavy atom. The van der Waals surface area contributed by atoms with Gasteiger partial charge >= 0.3 is 0 Å². The van der Waals surface area contributed by atoms with E-state index in [1.807, 2.05) is 4.90 Å². The van der Waals surface area contributed by atoms with E-state index in [9.17, 15) is 13.2 Å². The van der Waals surface area contributed by atoms with Crippen LogP contribution in [0, 0.1) is 5.82 Å². The van der Waals surface area contributed by atoms with E-state index in [0.717, 1.165) is 25.7 Å². The van der Waals surface area contributed by atoms with Gasteiger partial charge in [-0.25, -0.2) is 12.8 Å². The van der Waals surface area contributed by atoms with Crippen molar-refractivity contribution in [3.8, 4) is 5.75 Å². The fraction of sp³-hybridized carbons (Fsp3) is 0.348. The third-order valence-electron chi connectivity index (χ3n) is 6.04. The number of rotatable bonds is 5. The van der Waals surface area contributed by atoms with Crippen molar-refractivity contribution in [3.63, 3.8) is 0 Å². The summed E-state index contributed by atoms with van der Waals surface area (Å²) in [5.74, 6) is -0.0247. The maximum absolute atomic E-state index is 15.1. The van der Waals surface area contributed by atoms with Crippen molar-refractivity contribution >= 4 is 26.4 Å². The van der Waals surface area contributed by atoms with Crippen molar-refractivity contribution in [2.45, 2.75) is 16.7 Å². The zero-order valence-electron chi connectivity index (χ0n) is 18.3. The van der Waals surface area contributed by atoms with Gasteiger partial charge < -0.3 is 19.1 Å². The van der Waals surface area contributed by atoms with Crippen LogP contribution in [0.1, 0.15) is 6.92 Å². The van der Waals surface area contributed by atoms with E-state index in [2.05, 4.69) is 11.8 Å². The molecule has 0 aliphatic carbocycles. The van der Waals surface area contributed by atoms with E-state index in [0.29, 0.717) is 30.0 Å². The standard InChI is InChI=1S/C23H26FN3O4S/c1-4-26-9-11-27(12-10-26)21-14-20-18(13-19(21)24)23(28)22(15-25(20)2)32(29,30)17-7-5-16(31-3)6-8-17/h5-8,13-15H,4,9-12H2,1-3H3. The van der Waals surface area contributed by atoms with Crippen LogP contribution in [0.5, 0.6) is 5.75 Å². The number of aromatic nitrogens is 1. The van der Waals surface area contributed by atoms with Crippen molar-refractivity contribution in [1.82, 2.24) is 9.47 Å². The number of piperazine rings is 1. The molecule has 4 rings (SSSR count). The highest BCUT2D eigenvalue weighted by Gasteiger charge is 2.25. The lowest BCUT2D eigenvalue weighted by atomic mass is 10.1. The number of pyridine rings is 1. The number of likely N-dealkylation sites (N-methyl/N-ethyl adjacent to an activating group) is 1. The number of ether oxygens (including phenoxy) is 1. The predicted octanol–water partition coefficient (Wildman–Crippen LogP) is 2.66. The van der Waals surface area contributed by atoms with Crippen LogP contribution in [0.2, 0.25) is 0 Å². The number of benzene rings is 2. The van der Waals surface area contributed by atoms with Crippen LogP contribution in [0.3, 0.4) is 0 Å². The topological polar surface area (TPSA) is 71.8 Å². The molecule has 3 aromatic rings. The van der Waals surface area contributed by atoms with E-state index >= 15 is 4.39 Å². The number of sulfone groups is 1. The second-order valence-electron chi connectivity index (χ2n) is 7.85. The number of methoxy groups -OCH3 is 1. The monoisotopic (exact) mass is 459 g/mol. The first kappa shape index (κ1) is 22.3. The number of halogens is 1. The Bertz CT molecular complexity index is 1310. The molecule has 2 aromatic carbocycles. The van der Waals surface area contributed by atoms with Gasteiger partial charge in [-0.15, -0.1) is 0 Å². The van der Waals surface area contributed by atoms with Gasteiger partial charge in [0.05, 0.1) is 28.6 Å². The van der Waals surface area contributed by atoms with E-state index in [4.69, 9.17) is 4.74 Å². The van der Waals surface area contributed by atoms with Crippen LogP contribution < -0.4 is 15.1 Å². The van der Waals surface area contributed by atoms with E-state index < -0.39 is 21.1 Å². The van der Waals surface area contributed by atoms with Crippen LogP contribution in [0.4, 0.5) is 10.1 Å². The molecule has 0 bridgehead atoms. The molecule has 0 unspecified atom stereocenters. The average molecular weight is 460 g/mol. The van der Waals surface area contributed by atoms with Gasteiger partial charge in [0, 0.05) is 39.4 Å². The lowest BCUT2D eigenvalue weighted by Crippen LogP contribution is -2.46. The summed E-state index contributed by atoms with van der Waals surface area (Å²) in [4.78, 5) is 17.0. The summed E-state index contributed by atoms with van der Waals surface area (Å²) in [5, 5.41) is 0.0375. The molecule has 0 amide bonds. The normalized spacial score (nSPS) is 15.3. The van der Waals surface area contributed by atoms with Crippen molar-refractivity contribution in [3.05, 3.63) is 58.6 Å². The summed E-state index contributed by atoms with van der Waals surface area (Å²) in [5.41, 5.74) is 0.196. The first-order valence-corrected chi connectivity index (χ1v) is 11.9. The summed E-state index contributed by atoms with van der Waals surface area (Å²) < 4.78 is 48.0. The molecule has 0 atom stereocenters. The smallest absolute Gasteiger partial charge is 0.211 e. The largest absolute Gasteiger partial charge is 0.497 e. The fourth-order valence-corrected chi connectivity index (χ4v) is 5.48. The van der Waals surface area contributed by atoms with Gasteiger partial charge in [-0.2, -0.15) is 0 Å². The number of hydrogen-bond acceptors (Lipinski definition) is 6. The van der Waals surface area contributed by atoms with Crippen molar-refractivity contribution in [2.75, 3.05) is 44.7 Å². The first-order chi connectivity index (χ1) is 15.3. The number of anilines is 1. The van der Waals surface area contributed by atoms with Crippen molar-refractivity contribution in [2.24, 2.45) is 7.05 Å². The van der Waals surface area contributed by atoms with Crippen LogP contribution in [0.15, 0.2) is 57.2 Å². The minimum atomic E-state index is -4.09. The minimum Gasteiger partial charge on any atom is -0.497 e. The summed E-state index contributed by atoms with van der Waals surface area (Å²) in [6.45, 7) is 6.10. The Morgan fingerprint density at radius 3 is 2.31 bits per heavy atom. The van der Waals surface area contributed by atoms with Gasteiger partial charge in [-0.1, -0.05) is 6.92 Å². The molecule has 1 aliphatic heterocycles. The van der Waals surface area contributed by atoms with Crippen molar-refractivity contribution < 1.29 is 17.5 Å². The molecule has 1 aromatic heterocycles. The minimum absolute atomic E-state index is 0.0272. The SMILES string of the molecule is CCN1CCN(c2cc3c(cc2F)c(=O)c(S(=O)(=O)c2ccc(OC)cc2)cn3C)CC1. The second kappa shape index (κ2) is 8.55. The van der Waals surface area contributed by atoms with E-state index in [1.54, 1.807) is 17.7 Å². The lowest BCUT2D eigenvalue weighted by Gasteiger charge is -2.35. The zero-order valence-corrected chi connectivity index (χ0v) is 19.2. The Balaban J connectivity index is 1.79. The number of aryl methyl sites for hydroxylation is 1. The van der Waals surface area contributed by atoms with E-state index in [-0.39, 0.29) is 15.2 Å². The van der Waals surface area contributed by atoms with Crippen LogP contribution in [-0.2, 0) is 16.9 Å². The lowest BCUT2D eigenvalue weighted by molar-refractivity contribution is 0.270. The van der Waals surface area contributed by atoms with E-state index in [1.165, 1.54) is 37.6 Å². The molecule has 170 valence electrons. The molecule has 1 aliphatic rings.